The van der Waals surface area contributed by atoms with E-state index in [1.807, 2.05) is 23.1 Å². The molecule has 2 saturated heterocycles. The van der Waals surface area contributed by atoms with Gasteiger partial charge in [-0.2, -0.15) is 0 Å². The van der Waals surface area contributed by atoms with Gasteiger partial charge in [0.15, 0.2) is 6.54 Å². The molecule has 0 aliphatic carbocycles. The molecule has 3 heterocycles. The van der Waals surface area contributed by atoms with Crippen molar-refractivity contribution in [2.24, 2.45) is 0 Å². The summed E-state index contributed by atoms with van der Waals surface area (Å²) in [5.74, 6) is 0.744. The van der Waals surface area contributed by atoms with Gasteiger partial charge in [-0.1, -0.05) is 0 Å². The smallest absolute Gasteiger partial charge is 0.277 e. The van der Waals surface area contributed by atoms with Gasteiger partial charge in [0.1, 0.15) is 5.82 Å². The molecule has 0 spiro atoms. The maximum absolute atomic E-state index is 13.1. The largest absolute Gasteiger partial charge is 0.360 e. The summed E-state index contributed by atoms with van der Waals surface area (Å²) in [5, 5.41) is 0. The zero-order valence-corrected chi connectivity index (χ0v) is 15.9. The number of nitrogens with one attached hydrogen (secondary N) is 1. The average molecular weight is 385 g/mol. The summed E-state index contributed by atoms with van der Waals surface area (Å²) >= 11 is 0. The van der Waals surface area contributed by atoms with Gasteiger partial charge < -0.3 is 19.6 Å². The summed E-state index contributed by atoms with van der Waals surface area (Å²) in [7, 11) is 0. The summed E-state index contributed by atoms with van der Waals surface area (Å²) < 4.78 is 13.1. The van der Waals surface area contributed by atoms with Crippen molar-refractivity contribution in [2.75, 3.05) is 68.7 Å². The Balaban J connectivity index is 1.22. The number of aromatic nitrogens is 2. The first-order valence-electron chi connectivity index (χ1n) is 9.83. The van der Waals surface area contributed by atoms with Gasteiger partial charge in [0.05, 0.1) is 26.2 Å². The number of quaternary nitrogens is 1. The fourth-order valence-corrected chi connectivity index (χ4v) is 3.85. The lowest BCUT2D eigenvalue weighted by Gasteiger charge is -2.37. The maximum Gasteiger partial charge on any atom is 0.277 e. The van der Waals surface area contributed by atoms with Crippen LogP contribution in [0, 0.1) is 5.82 Å². The van der Waals surface area contributed by atoms with Crippen molar-refractivity contribution < 1.29 is 14.1 Å². The first-order chi connectivity index (χ1) is 13.7. The van der Waals surface area contributed by atoms with Crippen molar-refractivity contribution in [1.29, 1.82) is 0 Å². The number of halogens is 1. The van der Waals surface area contributed by atoms with Gasteiger partial charge in [0.2, 0.25) is 5.95 Å². The Hall–Kier alpha value is -2.74. The van der Waals surface area contributed by atoms with Gasteiger partial charge in [0.25, 0.3) is 5.91 Å². The summed E-state index contributed by atoms with van der Waals surface area (Å²) in [5.41, 5.74) is 1.05. The minimum atomic E-state index is -0.211. The number of hydrogen-bond acceptors (Lipinski definition) is 5. The number of hydrogen-bond donors (Lipinski definition) is 1. The van der Waals surface area contributed by atoms with Crippen LogP contribution in [0.2, 0.25) is 0 Å². The monoisotopic (exact) mass is 385 g/mol. The topological polar surface area (TPSA) is 57.0 Å². The van der Waals surface area contributed by atoms with Crippen LogP contribution in [0.1, 0.15) is 0 Å². The highest BCUT2D eigenvalue weighted by Crippen LogP contribution is 2.14. The van der Waals surface area contributed by atoms with Crippen LogP contribution in [0.3, 0.4) is 0 Å². The van der Waals surface area contributed by atoms with E-state index in [1.54, 1.807) is 12.4 Å². The molecule has 7 nitrogen and oxygen atoms in total. The summed E-state index contributed by atoms with van der Waals surface area (Å²) in [6.07, 6.45) is 3.49. The molecule has 2 aliphatic heterocycles. The van der Waals surface area contributed by atoms with Gasteiger partial charge in [-0.3, -0.25) is 4.79 Å². The highest BCUT2D eigenvalue weighted by Gasteiger charge is 2.27. The Morgan fingerprint density at radius 2 is 1.57 bits per heavy atom. The van der Waals surface area contributed by atoms with Crippen LogP contribution in [-0.2, 0) is 4.79 Å². The molecule has 0 bridgehead atoms. The molecule has 1 aromatic carbocycles. The van der Waals surface area contributed by atoms with Gasteiger partial charge >= 0.3 is 0 Å². The summed E-state index contributed by atoms with van der Waals surface area (Å²) in [6.45, 7) is 7.10. The van der Waals surface area contributed by atoms with Crippen LogP contribution in [0.15, 0.2) is 42.7 Å². The van der Waals surface area contributed by atoms with Crippen LogP contribution in [-0.4, -0.2) is 79.7 Å². The zero-order valence-electron chi connectivity index (χ0n) is 15.9. The van der Waals surface area contributed by atoms with E-state index in [1.165, 1.54) is 17.0 Å². The first kappa shape index (κ1) is 18.6. The minimum absolute atomic E-state index is 0.211. The van der Waals surface area contributed by atoms with E-state index in [0.717, 1.165) is 50.9 Å². The second-order valence-corrected chi connectivity index (χ2v) is 7.31. The normalized spacial score (nSPS) is 18.4. The molecule has 1 amide bonds. The minimum Gasteiger partial charge on any atom is -0.360 e. The van der Waals surface area contributed by atoms with Crippen LogP contribution in [0.5, 0.6) is 0 Å². The molecule has 2 aromatic rings. The molecule has 4 rings (SSSR count). The fraction of sp³-hybridized carbons (Fsp3) is 0.450. The lowest BCUT2D eigenvalue weighted by Crippen LogP contribution is -3.16. The van der Waals surface area contributed by atoms with Crippen molar-refractivity contribution in [2.45, 2.75) is 0 Å². The molecular formula is C20H26FN6O+. The molecule has 0 unspecified atom stereocenters. The molecule has 148 valence electrons. The number of rotatable bonds is 4. The zero-order chi connectivity index (χ0) is 19.3. The molecule has 0 radical (unpaired) electrons. The second kappa shape index (κ2) is 8.52. The lowest BCUT2D eigenvalue weighted by atomic mass is 10.2. The van der Waals surface area contributed by atoms with E-state index in [9.17, 15) is 9.18 Å². The summed E-state index contributed by atoms with van der Waals surface area (Å²) in [6, 6.07) is 8.45. The van der Waals surface area contributed by atoms with Crippen molar-refractivity contribution in [1.82, 2.24) is 14.9 Å². The molecule has 0 saturated carbocycles. The number of carbonyl (C=O) groups excluding carboxylic acids is 1. The number of carbonyl (C=O) groups is 1. The molecular weight excluding hydrogens is 359 g/mol. The third-order valence-corrected chi connectivity index (χ3v) is 5.53. The van der Waals surface area contributed by atoms with E-state index >= 15 is 0 Å². The van der Waals surface area contributed by atoms with Crippen LogP contribution >= 0.6 is 0 Å². The Bertz CT molecular complexity index is 771. The Kier molecular flexibility index (Phi) is 5.66. The Morgan fingerprint density at radius 1 is 0.929 bits per heavy atom. The predicted molar refractivity (Wildman–Crippen MR) is 105 cm³/mol. The average Bonchev–Trinajstić information content (AvgIpc) is 2.76. The van der Waals surface area contributed by atoms with E-state index in [4.69, 9.17) is 0 Å². The summed E-state index contributed by atoms with van der Waals surface area (Å²) in [4.78, 5) is 28.9. The van der Waals surface area contributed by atoms with Gasteiger partial charge in [0, 0.05) is 44.3 Å². The molecule has 0 atom stereocenters. The third kappa shape index (κ3) is 4.39. The number of piperazine rings is 2. The number of benzene rings is 1. The van der Waals surface area contributed by atoms with E-state index in [-0.39, 0.29) is 11.7 Å². The number of nitrogens with zero attached hydrogens (tertiary/aromatic N) is 5. The van der Waals surface area contributed by atoms with Gasteiger partial charge in [-0.15, -0.1) is 0 Å². The van der Waals surface area contributed by atoms with Crippen LogP contribution < -0.4 is 14.7 Å². The van der Waals surface area contributed by atoms with E-state index < -0.39 is 0 Å². The van der Waals surface area contributed by atoms with E-state index in [0.29, 0.717) is 19.6 Å². The molecule has 28 heavy (non-hydrogen) atoms. The van der Waals surface area contributed by atoms with E-state index in [2.05, 4.69) is 19.8 Å². The molecule has 2 aliphatic rings. The third-order valence-electron chi connectivity index (χ3n) is 5.53. The highest BCUT2D eigenvalue weighted by atomic mass is 19.1. The predicted octanol–water partition coefficient (Wildman–Crippen LogP) is -0.331. The molecule has 8 heteroatoms. The van der Waals surface area contributed by atoms with Gasteiger partial charge in [-0.25, -0.2) is 14.4 Å². The van der Waals surface area contributed by atoms with Crippen molar-refractivity contribution in [3.8, 4) is 0 Å². The van der Waals surface area contributed by atoms with Crippen LogP contribution in [0.4, 0.5) is 16.0 Å². The van der Waals surface area contributed by atoms with Gasteiger partial charge in [-0.05, 0) is 30.3 Å². The first-order valence-corrected chi connectivity index (χ1v) is 9.83. The fourth-order valence-electron chi connectivity index (χ4n) is 3.85. The van der Waals surface area contributed by atoms with Crippen LogP contribution in [0.25, 0.3) is 0 Å². The quantitative estimate of drug-likeness (QED) is 0.781. The van der Waals surface area contributed by atoms with Crippen molar-refractivity contribution in [3.05, 3.63) is 48.5 Å². The Labute approximate surface area is 164 Å². The second-order valence-electron chi connectivity index (χ2n) is 7.31. The number of anilines is 2. The lowest BCUT2D eigenvalue weighted by molar-refractivity contribution is -0.892. The number of amides is 1. The SMILES string of the molecule is O=C(C[NH+]1CCN(c2ccc(F)cc2)CC1)N1CCN(c2ncccn2)CC1. The molecule has 1 aromatic heterocycles. The molecule has 1 N–H and O–H groups in total. The standard InChI is InChI=1S/C20H25FN6O/c21-17-2-4-18(5-3-17)25-10-8-24(9-11-25)16-19(28)26-12-14-27(15-13-26)20-22-6-1-7-23-20/h1-7H,8-16H2/p+1. The highest BCUT2D eigenvalue weighted by molar-refractivity contribution is 5.77. The Morgan fingerprint density at radius 3 is 2.21 bits per heavy atom. The molecule has 2 fully saturated rings. The van der Waals surface area contributed by atoms with Crippen molar-refractivity contribution >= 4 is 17.5 Å². The maximum atomic E-state index is 13.1. The van der Waals surface area contributed by atoms with Crippen molar-refractivity contribution in [3.63, 3.8) is 0 Å².